The Hall–Kier alpha value is -3.50. The molecule has 0 aliphatic carbocycles. The number of rotatable bonds is 6. The molecular formula is C23H20ClFN2O4. The number of nitriles is 1. The zero-order valence-electron chi connectivity index (χ0n) is 16.9. The molecule has 8 heteroatoms. The van der Waals surface area contributed by atoms with Gasteiger partial charge in [-0.05, 0) is 37.6 Å². The van der Waals surface area contributed by atoms with Crippen LogP contribution < -0.4 is 10.5 Å². The molecule has 0 bridgehead atoms. The lowest BCUT2D eigenvalue weighted by Crippen LogP contribution is -2.25. The molecule has 1 aliphatic rings. The Labute approximate surface area is 184 Å². The molecule has 0 aromatic heterocycles. The number of hydrogen-bond acceptors (Lipinski definition) is 6. The van der Waals surface area contributed by atoms with E-state index >= 15 is 0 Å². The highest BCUT2D eigenvalue weighted by atomic mass is 35.5. The predicted molar refractivity (Wildman–Crippen MR) is 112 cm³/mol. The topological polar surface area (TPSA) is 94.6 Å². The van der Waals surface area contributed by atoms with Crippen molar-refractivity contribution in [2.24, 2.45) is 5.73 Å². The Morgan fingerprint density at radius 2 is 2.06 bits per heavy atom. The van der Waals surface area contributed by atoms with Crippen LogP contribution in [0.2, 0.25) is 5.02 Å². The molecule has 1 atom stereocenters. The van der Waals surface area contributed by atoms with Crippen molar-refractivity contribution in [3.63, 3.8) is 0 Å². The van der Waals surface area contributed by atoms with Crippen molar-refractivity contribution in [2.75, 3.05) is 6.61 Å². The highest BCUT2D eigenvalue weighted by molar-refractivity contribution is 6.30. The summed E-state index contributed by atoms with van der Waals surface area (Å²) in [7, 11) is 0. The molecule has 1 aliphatic heterocycles. The third-order valence-corrected chi connectivity index (χ3v) is 5.01. The first-order chi connectivity index (χ1) is 14.9. The highest BCUT2D eigenvalue weighted by Gasteiger charge is 2.36. The number of nitrogens with zero attached hydrogens (tertiary/aromatic N) is 1. The lowest BCUT2D eigenvalue weighted by atomic mass is 9.83. The van der Waals surface area contributed by atoms with Gasteiger partial charge in [-0.15, -0.1) is 0 Å². The summed E-state index contributed by atoms with van der Waals surface area (Å²) in [6.07, 6.45) is 0. The standard InChI is InChI=1S/C23H20ClFN2O4/c1-3-29-23(28)19-13(2)31-22(27)17(11-26)20(19)14-6-4-8-16(10-14)30-12-15-7-5-9-18(24)21(15)25/h4-10,20H,3,12,27H2,1-2H3. The van der Waals surface area contributed by atoms with Gasteiger partial charge in [-0.2, -0.15) is 5.26 Å². The molecule has 0 saturated heterocycles. The Kier molecular flexibility index (Phi) is 6.83. The van der Waals surface area contributed by atoms with Gasteiger partial charge in [0.1, 0.15) is 35.6 Å². The van der Waals surface area contributed by atoms with Crippen LogP contribution in [0.15, 0.2) is 65.3 Å². The van der Waals surface area contributed by atoms with Gasteiger partial charge < -0.3 is 19.9 Å². The fourth-order valence-electron chi connectivity index (χ4n) is 3.29. The van der Waals surface area contributed by atoms with Crippen LogP contribution in [-0.4, -0.2) is 12.6 Å². The number of allylic oxidation sites excluding steroid dienone is 2. The molecule has 2 aromatic rings. The first-order valence-corrected chi connectivity index (χ1v) is 9.86. The van der Waals surface area contributed by atoms with E-state index in [1.54, 1.807) is 50.2 Å². The molecule has 3 rings (SSSR count). The number of nitrogens with two attached hydrogens (primary N) is 1. The first kappa shape index (κ1) is 22.2. The van der Waals surface area contributed by atoms with Crippen LogP contribution in [0, 0.1) is 17.1 Å². The number of halogens is 2. The minimum absolute atomic E-state index is 0.0102. The summed E-state index contributed by atoms with van der Waals surface area (Å²) in [5, 5.41) is 9.67. The number of benzene rings is 2. The summed E-state index contributed by atoms with van der Waals surface area (Å²) in [4.78, 5) is 12.6. The summed E-state index contributed by atoms with van der Waals surface area (Å²) >= 11 is 5.81. The molecule has 160 valence electrons. The second-order valence-corrected chi connectivity index (χ2v) is 7.10. The predicted octanol–water partition coefficient (Wildman–Crippen LogP) is 4.70. The van der Waals surface area contributed by atoms with Crippen molar-refractivity contribution in [1.82, 2.24) is 0 Å². The molecule has 31 heavy (non-hydrogen) atoms. The van der Waals surface area contributed by atoms with Crippen LogP contribution in [0.1, 0.15) is 30.9 Å². The second-order valence-electron chi connectivity index (χ2n) is 6.69. The van der Waals surface area contributed by atoms with Gasteiger partial charge in [0, 0.05) is 5.56 Å². The van der Waals surface area contributed by atoms with Gasteiger partial charge in [0.15, 0.2) is 0 Å². The van der Waals surface area contributed by atoms with E-state index in [0.29, 0.717) is 16.9 Å². The van der Waals surface area contributed by atoms with Crippen LogP contribution in [0.3, 0.4) is 0 Å². The largest absolute Gasteiger partial charge is 0.489 e. The van der Waals surface area contributed by atoms with Crippen molar-refractivity contribution < 1.29 is 23.4 Å². The lowest BCUT2D eigenvalue weighted by molar-refractivity contribution is -0.139. The Bertz CT molecular complexity index is 1120. The Morgan fingerprint density at radius 1 is 1.32 bits per heavy atom. The number of esters is 1. The number of carbonyl (C=O) groups excluding carboxylic acids is 1. The lowest BCUT2D eigenvalue weighted by Gasteiger charge is -2.27. The second kappa shape index (κ2) is 9.54. The molecule has 1 heterocycles. The average Bonchev–Trinajstić information content (AvgIpc) is 2.74. The average molecular weight is 443 g/mol. The van der Waals surface area contributed by atoms with Crippen molar-refractivity contribution in [3.8, 4) is 11.8 Å². The summed E-state index contributed by atoms with van der Waals surface area (Å²) in [5.41, 5.74) is 7.06. The third-order valence-electron chi connectivity index (χ3n) is 4.72. The first-order valence-electron chi connectivity index (χ1n) is 9.48. The van der Waals surface area contributed by atoms with Crippen molar-refractivity contribution in [1.29, 1.82) is 5.26 Å². The third kappa shape index (κ3) is 4.65. The van der Waals surface area contributed by atoms with Crippen LogP contribution >= 0.6 is 11.6 Å². The quantitative estimate of drug-likeness (QED) is 0.651. The van der Waals surface area contributed by atoms with E-state index in [2.05, 4.69) is 0 Å². The van der Waals surface area contributed by atoms with Gasteiger partial charge in [-0.25, -0.2) is 9.18 Å². The molecule has 0 fully saturated rings. The van der Waals surface area contributed by atoms with Crippen molar-refractivity contribution in [2.45, 2.75) is 26.4 Å². The molecule has 0 spiro atoms. The van der Waals surface area contributed by atoms with E-state index in [0.717, 1.165) is 0 Å². The number of carbonyl (C=O) groups is 1. The molecule has 6 nitrogen and oxygen atoms in total. The van der Waals surface area contributed by atoms with Gasteiger partial charge in [-0.1, -0.05) is 35.9 Å². The number of ether oxygens (including phenoxy) is 3. The van der Waals surface area contributed by atoms with Crippen LogP contribution in [0.4, 0.5) is 4.39 Å². The maximum absolute atomic E-state index is 14.1. The smallest absolute Gasteiger partial charge is 0.338 e. The van der Waals surface area contributed by atoms with Crippen molar-refractivity contribution in [3.05, 3.63) is 87.2 Å². The fourth-order valence-corrected chi connectivity index (χ4v) is 3.49. The molecule has 1 unspecified atom stereocenters. The summed E-state index contributed by atoms with van der Waals surface area (Å²) in [5.74, 6) is -1.34. The normalized spacial score (nSPS) is 15.9. The van der Waals surface area contributed by atoms with E-state index in [9.17, 15) is 14.4 Å². The zero-order chi connectivity index (χ0) is 22.5. The van der Waals surface area contributed by atoms with Gasteiger partial charge in [0.05, 0.1) is 23.1 Å². The molecule has 0 amide bonds. The SMILES string of the molecule is CCOC(=O)C1=C(C)OC(N)=C(C#N)C1c1cccc(OCc2cccc(Cl)c2F)c1. The van der Waals surface area contributed by atoms with Crippen LogP contribution in [-0.2, 0) is 20.9 Å². The van der Waals surface area contributed by atoms with Gasteiger partial charge in [0.2, 0.25) is 5.88 Å². The molecule has 2 aromatic carbocycles. The summed E-state index contributed by atoms with van der Waals surface area (Å²) in [6.45, 7) is 3.39. The molecular weight excluding hydrogens is 423 g/mol. The van der Waals surface area contributed by atoms with Crippen molar-refractivity contribution >= 4 is 17.6 Å². The van der Waals surface area contributed by atoms with Crippen LogP contribution in [0.5, 0.6) is 5.75 Å². The van der Waals surface area contributed by atoms with E-state index in [-0.39, 0.29) is 41.0 Å². The molecule has 0 radical (unpaired) electrons. The van der Waals surface area contributed by atoms with Gasteiger partial charge in [-0.3, -0.25) is 0 Å². The number of hydrogen-bond donors (Lipinski definition) is 1. The van der Waals surface area contributed by atoms with E-state index in [1.807, 2.05) is 6.07 Å². The zero-order valence-corrected chi connectivity index (χ0v) is 17.7. The molecule has 2 N–H and O–H groups in total. The van der Waals surface area contributed by atoms with Crippen LogP contribution in [0.25, 0.3) is 0 Å². The minimum Gasteiger partial charge on any atom is -0.489 e. The monoisotopic (exact) mass is 442 g/mol. The highest BCUT2D eigenvalue weighted by Crippen LogP contribution is 2.40. The van der Waals surface area contributed by atoms with Gasteiger partial charge in [0.25, 0.3) is 0 Å². The molecule has 0 saturated carbocycles. The Balaban J connectivity index is 1.96. The summed E-state index contributed by atoms with van der Waals surface area (Å²) < 4.78 is 30.4. The van der Waals surface area contributed by atoms with Gasteiger partial charge >= 0.3 is 5.97 Å². The Morgan fingerprint density at radius 3 is 2.77 bits per heavy atom. The maximum atomic E-state index is 14.1. The van der Waals surface area contributed by atoms with E-state index in [4.69, 9.17) is 31.5 Å². The minimum atomic E-state index is -0.788. The van der Waals surface area contributed by atoms with E-state index in [1.165, 1.54) is 6.07 Å². The maximum Gasteiger partial charge on any atom is 0.338 e. The fraction of sp³-hybridized carbons (Fsp3) is 0.217. The van der Waals surface area contributed by atoms with E-state index < -0.39 is 17.7 Å². The summed E-state index contributed by atoms with van der Waals surface area (Å²) in [6, 6.07) is 13.5.